The Hall–Kier alpha value is -1.80. The SMILES string of the molecule is CCNCc1cc(S(=O)(=O)Nc2cn[nH]c2)cn1C. The van der Waals surface area contributed by atoms with Crippen molar-refractivity contribution in [1.82, 2.24) is 20.1 Å². The molecular weight excluding hydrogens is 266 g/mol. The van der Waals surface area contributed by atoms with Crippen molar-refractivity contribution in [3.63, 3.8) is 0 Å². The Morgan fingerprint density at radius 3 is 2.89 bits per heavy atom. The van der Waals surface area contributed by atoms with Crippen LogP contribution in [0.15, 0.2) is 29.6 Å². The van der Waals surface area contributed by atoms with Gasteiger partial charge in [-0.25, -0.2) is 8.42 Å². The average Bonchev–Trinajstić information content (AvgIpc) is 2.96. The number of sulfonamides is 1. The van der Waals surface area contributed by atoms with Gasteiger partial charge in [0.15, 0.2) is 0 Å². The Morgan fingerprint density at radius 2 is 2.26 bits per heavy atom. The van der Waals surface area contributed by atoms with Gasteiger partial charge in [0, 0.05) is 31.7 Å². The molecule has 0 amide bonds. The summed E-state index contributed by atoms with van der Waals surface area (Å²) in [7, 11) is -1.75. The molecule has 7 nitrogen and oxygen atoms in total. The predicted octanol–water partition coefficient (Wildman–Crippen LogP) is 0.658. The minimum absolute atomic E-state index is 0.240. The van der Waals surface area contributed by atoms with Crippen LogP contribution < -0.4 is 10.0 Å². The van der Waals surface area contributed by atoms with Crippen molar-refractivity contribution < 1.29 is 8.42 Å². The quantitative estimate of drug-likeness (QED) is 0.726. The second-order valence-corrected chi connectivity index (χ2v) is 5.83. The lowest BCUT2D eigenvalue weighted by Gasteiger charge is -2.02. The molecule has 0 radical (unpaired) electrons. The summed E-state index contributed by atoms with van der Waals surface area (Å²) in [6.45, 7) is 3.47. The number of rotatable bonds is 6. The number of H-pyrrole nitrogens is 1. The molecule has 2 heterocycles. The molecule has 0 aromatic carbocycles. The summed E-state index contributed by atoms with van der Waals surface area (Å²) in [6.07, 6.45) is 4.50. The van der Waals surface area contributed by atoms with E-state index in [1.165, 1.54) is 12.4 Å². The van der Waals surface area contributed by atoms with Crippen molar-refractivity contribution in [2.24, 2.45) is 7.05 Å². The van der Waals surface area contributed by atoms with Crippen LogP contribution in [0.5, 0.6) is 0 Å². The van der Waals surface area contributed by atoms with Gasteiger partial charge in [0.25, 0.3) is 10.0 Å². The molecule has 0 unspecified atom stereocenters. The molecule has 0 saturated carbocycles. The molecule has 0 fully saturated rings. The molecule has 0 spiro atoms. The van der Waals surface area contributed by atoms with Gasteiger partial charge in [-0.15, -0.1) is 0 Å². The van der Waals surface area contributed by atoms with E-state index in [0.29, 0.717) is 12.2 Å². The standard InChI is InChI=1S/C11H17N5O2S/c1-3-12-7-10-4-11(8-16(10)2)19(17,18)15-9-5-13-14-6-9/h4-6,8,12,15H,3,7H2,1-2H3,(H,13,14). The first-order valence-electron chi connectivity index (χ1n) is 5.90. The van der Waals surface area contributed by atoms with Gasteiger partial charge in [-0.3, -0.25) is 9.82 Å². The van der Waals surface area contributed by atoms with Crippen molar-refractivity contribution in [2.45, 2.75) is 18.4 Å². The zero-order valence-corrected chi connectivity index (χ0v) is 11.7. The summed E-state index contributed by atoms with van der Waals surface area (Å²) in [6, 6.07) is 1.66. The minimum atomic E-state index is -3.57. The second kappa shape index (κ2) is 5.45. The van der Waals surface area contributed by atoms with Gasteiger partial charge in [-0.05, 0) is 12.6 Å². The van der Waals surface area contributed by atoms with Crippen molar-refractivity contribution in [3.8, 4) is 0 Å². The monoisotopic (exact) mass is 283 g/mol. The molecule has 0 bridgehead atoms. The van der Waals surface area contributed by atoms with Gasteiger partial charge in [0.1, 0.15) is 4.90 Å². The molecule has 19 heavy (non-hydrogen) atoms. The number of aromatic nitrogens is 3. The number of hydrogen-bond donors (Lipinski definition) is 3. The van der Waals surface area contributed by atoms with Crippen LogP contribution >= 0.6 is 0 Å². The maximum Gasteiger partial charge on any atom is 0.263 e. The predicted molar refractivity (Wildman–Crippen MR) is 72.2 cm³/mol. The highest BCUT2D eigenvalue weighted by atomic mass is 32.2. The summed E-state index contributed by atoms with van der Waals surface area (Å²) in [5.41, 5.74) is 1.33. The Kier molecular flexibility index (Phi) is 3.91. The van der Waals surface area contributed by atoms with E-state index in [2.05, 4.69) is 20.2 Å². The molecule has 0 saturated heterocycles. The molecule has 0 aliphatic heterocycles. The van der Waals surface area contributed by atoms with E-state index in [9.17, 15) is 8.42 Å². The number of anilines is 1. The van der Waals surface area contributed by atoms with Crippen molar-refractivity contribution in [1.29, 1.82) is 0 Å². The third-order valence-corrected chi connectivity index (χ3v) is 4.05. The van der Waals surface area contributed by atoms with Crippen LogP contribution in [0.4, 0.5) is 5.69 Å². The van der Waals surface area contributed by atoms with Crippen molar-refractivity contribution >= 4 is 15.7 Å². The molecule has 104 valence electrons. The summed E-state index contributed by atoms with van der Waals surface area (Å²) >= 11 is 0. The maximum absolute atomic E-state index is 12.2. The second-order valence-electron chi connectivity index (χ2n) is 4.15. The van der Waals surface area contributed by atoms with Crippen molar-refractivity contribution in [3.05, 3.63) is 30.4 Å². The normalized spacial score (nSPS) is 11.7. The van der Waals surface area contributed by atoms with E-state index < -0.39 is 10.0 Å². The van der Waals surface area contributed by atoms with E-state index in [-0.39, 0.29) is 4.90 Å². The lowest BCUT2D eigenvalue weighted by atomic mass is 10.4. The third kappa shape index (κ3) is 3.15. The zero-order valence-electron chi connectivity index (χ0n) is 10.8. The average molecular weight is 283 g/mol. The highest BCUT2D eigenvalue weighted by Crippen LogP contribution is 2.17. The van der Waals surface area contributed by atoms with Crippen molar-refractivity contribution in [2.75, 3.05) is 11.3 Å². The largest absolute Gasteiger partial charge is 0.352 e. The summed E-state index contributed by atoms with van der Waals surface area (Å²) in [5, 5.41) is 9.42. The molecule has 2 rings (SSSR count). The first kappa shape index (κ1) is 13.6. The molecule has 0 atom stereocenters. The number of aryl methyl sites for hydroxylation is 1. The Labute approximate surface area is 112 Å². The molecule has 2 aromatic heterocycles. The molecule has 3 N–H and O–H groups in total. The van der Waals surface area contributed by atoms with Crippen LogP contribution in [0, 0.1) is 0 Å². The number of nitrogens with zero attached hydrogens (tertiary/aromatic N) is 2. The summed E-state index contributed by atoms with van der Waals surface area (Å²) < 4.78 is 28.6. The maximum atomic E-state index is 12.2. The van der Waals surface area contributed by atoms with Gasteiger partial charge in [-0.2, -0.15) is 5.10 Å². The topological polar surface area (TPSA) is 91.8 Å². The van der Waals surface area contributed by atoms with Gasteiger partial charge in [0.05, 0.1) is 11.9 Å². The zero-order chi connectivity index (χ0) is 13.9. The third-order valence-electron chi connectivity index (χ3n) is 2.70. The first-order chi connectivity index (χ1) is 9.03. The van der Waals surface area contributed by atoms with E-state index in [1.807, 2.05) is 14.0 Å². The van der Waals surface area contributed by atoms with Crippen LogP contribution in [0.1, 0.15) is 12.6 Å². The number of aromatic amines is 1. The highest BCUT2D eigenvalue weighted by molar-refractivity contribution is 7.92. The van der Waals surface area contributed by atoms with E-state index in [4.69, 9.17) is 0 Å². The molecule has 0 aliphatic carbocycles. The minimum Gasteiger partial charge on any atom is -0.352 e. The van der Waals surface area contributed by atoms with Gasteiger partial charge < -0.3 is 9.88 Å². The van der Waals surface area contributed by atoms with E-state index >= 15 is 0 Å². The fourth-order valence-corrected chi connectivity index (χ4v) is 2.80. The van der Waals surface area contributed by atoms with Crippen LogP contribution in [0.2, 0.25) is 0 Å². The van der Waals surface area contributed by atoms with E-state index in [0.717, 1.165) is 12.2 Å². The molecular formula is C11H17N5O2S. The van der Waals surface area contributed by atoms with Crippen LogP contribution in [0.3, 0.4) is 0 Å². The van der Waals surface area contributed by atoms with Gasteiger partial charge in [-0.1, -0.05) is 6.92 Å². The lowest BCUT2D eigenvalue weighted by molar-refractivity contribution is 0.601. The molecule has 8 heteroatoms. The number of nitrogens with one attached hydrogen (secondary N) is 3. The Bertz CT molecular complexity index is 630. The fraction of sp³-hybridized carbons (Fsp3) is 0.364. The van der Waals surface area contributed by atoms with Gasteiger partial charge >= 0.3 is 0 Å². The molecule has 0 aliphatic rings. The van der Waals surface area contributed by atoms with E-state index in [1.54, 1.807) is 16.8 Å². The van der Waals surface area contributed by atoms with Crippen LogP contribution in [-0.4, -0.2) is 29.7 Å². The van der Waals surface area contributed by atoms with Gasteiger partial charge in [0.2, 0.25) is 0 Å². The lowest BCUT2D eigenvalue weighted by Crippen LogP contribution is -2.14. The summed E-state index contributed by atoms with van der Waals surface area (Å²) in [4.78, 5) is 0.240. The number of hydrogen-bond acceptors (Lipinski definition) is 4. The summed E-state index contributed by atoms with van der Waals surface area (Å²) in [5.74, 6) is 0. The molecule has 2 aromatic rings. The Balaban J connectivity index is 2.21. The fourth-order valence-electron chi connectivity index (χ4n) is 1.67. The smallest absolute Gasteiger partial charge is 0.263 e. The van der Waals surface area contributed by atoms with Crippen LogP contribution in [-0.2, 0) is 23.6 Å². The first-order valence-corrected chi connectivity index (χ1v) is 7.39. The Morgan fingerprint density at radius 1 is 1.47 bits per heavy atom. The van der Waals surface area contributed by atoms with Crippen LogP contribution in [0.25, 0.3) is 0 Å². The highest BCUT2D eigenvalue weighted by Gasteiger charge is 2.17.